The number of nitrogens with zero attached hydrogens (tertiary/aromatic N) is 1. The number of hydroxylamine groups is 3. The van der Waals surface area contributed by atoms with Crippen molar-refractivity contribution in [3.63, 3.8) is 0 Å². The quantitative estimate of drug-likeness (QED) is 0.129. The van der Waals surface area contributed by atoms with Crippen molar-refractivity contribution in [3.05, 3.63) is 29.8 Å². The van der Waals surface area contributed by atoms with Crippen LogP contribution in [0.4, 0.5) is 83.4 Å². The van der Waals surface area contributed by atoms with Gasteiger partial charge in [-0.2, -0.15) is 83.4 Å². The Morgan fingerprint density at radius 3 is 1.23 bits per heavy atom. The maximum atomic E-state index is 14.0. The zero-order valence-corrected chi connectivity index (χ0v) is 20.9. The molecule has 4 nitrogen and oxygen atoms in total. The maximum absolute atomic E-state index is 14.0. The summed E-state index contributed by atoms with van der Waals surface area (Å²) in [4.78, 5) is 15.8. The number of benzene rings is 1. The zero-order chi connectivity index (χ0) is 34.7. The van der Waals surface area contributed by atoms with Crippen molar-refractivity contribution >= 4 is 5.97 Å². The van der Waals surface area contributed by atoms with E-state index in [9.17, 15) is 88.2 Å². The van der Waals surface area contributed by atoms with Gasteiger partial charge in [0.1, 0.15) is 26.4 Å². The Hall–Kier alpha value is -2.88. The molecule has 0 spiro atoms. The Morgan fingerprint density at radius 2 is 0.907 bits per heavy atom. The molecular weight excluding hydrogens is 663 g/mol. The van der Waals surface area contributed by atoms with Gasteiger partial charge in [0, 0.05) is 12.5 Å². The van der Waals surface area contributed by atoms with Crippen molar-refractivity contribution in [2.45, 2.75) is 67.2 Å². The van der Waals surface area contributed by atoms with Crippen molar-refractivity contribution < 1.29 is 102 Å². The standard InChI is InChI=1S/C20H15F19NO3/c1-9(41)43-40(2,3)8-10-4-6-11(7-5-10)42-20(38,39)18(33,34)16(29,30)14(25,26)12(21,22)13(23,24)15(27,28)17(31,32)19(35,36)37/h4-7H,8H2,1-3H3/q+1. The highest BCUT2D eigenvalue weighted by Crippen LogP contribution is 2.65. The van der Waals surface area contributed by atoms with Gasteiger partial charge in [0.15, 0.2) is 0 Å². The summed E-state index contributed by atoms with van der Waals surface area (Å²) in [6, 6.07) is 1.87. The van der Waals surface area contributed by atoms with Gasteiger partial charge < -0.3 is 4.74 Å². The molecule has 0 bridgehead atoms. The van der Waals surface area contributed by atoms with Crippen LogP contribution >= 0.6 is 0 Å². The molecule has 0 aliphatic carbocycles. The summed E-state index contributed by atoms with van der Waals surface area (Å²) >= 11 is 0. The lowest BCUT2D eigenvalue weighted by atomic mass is 9.88. The third kappa shape index (κ3) is 6.08. The van der Waals surface area contributed by atoms with E-state index < -0.39 is 70.1 Å². The van der Waals surface area contributed by atoms with E-state index in [1.165, 1.54) is 14.1 Å². The number of halogens is 19. The molecule has 0 heterocycles. The largest absolute Gasteiger partial charge is 0.471 e. The van der Waals surface area contributed by atoms with Crippen molar-refractivity contribution in [1.82, 2.24) is 0 Å². The fourth-order valence-electron chi connectivity index (χ4n) is 3.04. The number of ether oxygens (including phenoxy) is 1. The average Bonchev–Trinajstić information content (AvgIpc) is 2.77. The number of alkyl halides is 19. The summed E-state index contributed by atoms with van der Waals surface area (Å²) in [6.45, 7) is 0.664. The van der Waals surface area contributed by atoms with Crippen LogP contribution in [-0.4, -0.2) is 78.5 Å². The molecule has 0 unspecified atom stereocenters. The van der Waals surface area contributed by atoms with Crippen LogP contribution in [0.2, 0.25) is 0 Å². The average molecular weight is 678 g/mol. The molecule has 43 heavy (non-hydrogen) atoms. The van der Waals surface area contributed by atoms with Gasteiger partial charge in [-0.1, -0.05) is 0 Å². The minimum Gasteiger partial charge on any atom is -0.428 e. The van der Waals surface area contributed by atoms with E-state index in [1.807, 2.05) is 0 Å². The molecule has 23 heteroatoms. The first-order valence-electron chi connectivity index (χ1n) is 10.5. The summed E-state index contributed by atoms with van der Waals surface area (Å²) in [5.41, 5.74) is -0.0102. The number of hydrogen-bond acceptors (Lipinski definition) is 3. The SMILES string of the molecule is CC(=O)O[N+](C)(C)Cc1ccc(OC(F)(F)C(F)(F)C(F)(F)C(F)(F)C(F)(F)C(F)(F)C(F)(F)C(F)(F)C(F)(F)F)cc1. The number of quaternary nitrogens is 1. The van der Waals surface area contributed by atoms with Crippen LogP contribution in [0.5, 0.6) is 5.75 Å². The zero-order valence-electron chi connectivity index (χ0n) is 20.9. The lowest BCUT2D eigenvalue weighted by Crippen LogP contribution is -2.76. The highest BCUT2D eigenvalue weighted by atomic mass is 19.4. The number of rotatable bonds is 12. The van der Waals surface area contributed by atoms with Gasteiger partial charge in [0.25, 0.3) is 0 Å². The molecule has 0 aliphatic rings. The molecule has 1 rings (SSSR count). The fraction of sp³-hybridized carbons (Fsp3) is 0.650. The molecule has 250 valence electrons. The topological polar surface area (TPSA) is 35.5 Å². The van der Waals surface area contributed by atoms with E-state index in [0.717, 1.165) is 6.92 Å². The first-order chi connectivity index (χ1) is 18.6. The molecular formula is C20H15F19NO3+. The third-order valence-electron chi connectivity index (χ3n) is 5.20. The van der Waals surface area contributed by atoms with Gasteiger partial charge in [-0.15, -0.1) is 4.65 Å². The molecule has 0 saturated carbocycles. The van der Waals surface area contributed by atoms with E-state index in [2.05, 4.69) is 4.74 Å². The Balaban J connectivity index is 3.50. The van der Waals surface area contributed by atoms with Gasteiger partial charge in [-0.05, 0) is 24.3 Å². The molecule has 0 amide bonds. The monoisotopic (exact) mass is 678 g/mol. The summed E-state index contributed by atoms with van der Waals surface area (Å²) in [6.07, 6.45) is -15.1. The van der Waals surface area contributed by atoms with E-state index in [4.69, 9.17) is 4.84 Å². The summed E-state index contributed by atoms with van der Waals surface area (Å²) < 4.78 is 257. The third-order valence-corrected chi connectivity index (χ3v) is 5.20. The van der Waals surface area contributed by atoms with Crippen molar-refractivity contribution in [2.24, 2.45) is 0 Å². The lowest BCUT2D eigenvalue weighted by molar-refractivity contribution is -1.07. The molecule has 0 saturated heterocycles. The lowest BCUT2D eigenvalue weighted by Gasteiger charge is -2.43. The highest BCUT2D eigenvalue weighted by molar-refractivity contribution is 5.65. The second kappa shape index (κ2) is 10.6. The fourth-order valence-corrected chi connectivity index (χ4v) is 3.04. The van der Waals surface area contributed by atoms with E-state index >= 15 is 0 Å². The van der Waals surface area contributed by atoms with Gasteiger partial charge in [0.2, 0.25) is 0 Å². The maximum Gasteiger partial charge on any atom is 0.471 e. The second-order valence-electron chi connectivity index (χ2n) is 9.10. The molecule has 1 aromatic rings. The van der Waals surface area contributed by atoms with Crippen molar-refractivity contribution in [1.29, 1.82) is 0 Å². The summed E-state index contributed by atoms with van der Waals surface area (Å²) in [5, 5.41) is 0. The van der Waals surface area contributed by atoms with Crippen LogP contribution in [0.25, 0.3) is 0 Å². The smallest absolute Gasteiger partial charge is 0.428 e. The van der Waals surface area contributed by atoms with Crippen LogP contribution in [0, 0.1) is 0 Å². The van der Waals surface area contributed by atoms with Crippen LogP contribution in [0.1, 0.15) is 12.5 Å². The Kier molecular flexibility index (Phi) is 9.43. The predicted octanol–water partition coefficient (Wildman–Crippen LogP) is 7.72. The summed E-state index contributed by atoms with van der Waals surface area (Å²) in [7, 11) is 2.50. The number of carbonyl (C=O) groups excluding carboxylic acids is 1. The van der Waals surface area contributed by atoms with E-state index in [0.29, 0.717) is 12.1 Å². The van der Waals surface area contributed by atoms with Gasteiger partial charge in [0.05, 0.1) is 0 Å². The molecule has 0 atom stereocenters. The normalized spacial score (nSPS) is 15.4. The van der Waals surface area contributed by atoms with E-state index in [1.54, 1.807) is 0 Å². The number of hydrogen-bond donors (Lipinski definition) is 0. The molecule has 0 fully saturated rings. The first-order valence-corrected chi connectivity index (χ1v) is 10.5. The van der Waals surface area contributed by atoms with Crippen LogP contribution in [0.15, 0.2) is 24.3 Å². The first kappa shape index (κ1) is 38.1. The van der Waals surface area contributed by atoms with Crippen LogP contribution in [0.3, 0.4) is 0 Å². The Bertz CT molecular complexity index is 1160. The minimum atomic E-state index is -9.00. The molecule has 0 aliphatic heterocycles. The predicted molar refractivity (Wildman–Crippen MR) is 100 cm³/mol. The number of carbonyl (C=O) groups is 1. The summed E-state index contributed by atoms with van der Waals surface area (Å²) in [5.74, 6) is -63.2. The van der Waals surface area contributed by atoms with Gasteiger partial charge >= 0.3 is 59.7 Å². The minimum absolute atomic E-state index is 0.0102. The molecule has 1 aromatic carbocycles. The van der Waals surface area contributed by atoms with Gasteiger partial charge in [-0.3, -0.25) is 4.84 Å². The van der Waals surface area contributed by atoms with Gasteiger partial charge in [-0.25, -0.2) is 4.79 Å². The van der Waals surface area contributed by atoms with Crippen molar-refractivity contribution in [3.8, 4) is 5.75 Å². The highest BCUT2D eigenvalue weighted by Gasteiger charge is 2.97. The van der Waals surface area contributed by atoms with E-state index in [-0.39, 0.29) is 24.2 Å². The Morgan fingerprint density at radius 1 is 0.581 bits per heavy atom. The molecule has 0 N–H and O–H groups in total. The van der Waals surface area contributed by atoms with Crippen LogP contribution < -0.4 is 4.74 Å². The molecule has 0 aromatic heterocycles. The van der Waals surface area contributed by atoms with Crippen molar-refractivity contribution in [2.75, 3.05) is 14.1 Å². The second-order valence-corrected chi connectivity index (χ2v) is 9.10. The Labute approximate surface area is 226 Å². The van der Waals surface area contributed by atoms with Crippen LogP contribution in [-0.2, 0) is 16.2 Å². The molecule has 0 radical (unpaired) electrons.